The van der Waals surface area contributed by atoms with Gasteiger partial charge in [0.1, 0.15) is 0 Å². The van der Waals surface area contributed by atoms with Crippen molar-refractivity contribution in [1.82, 2.24) is 5.32 Å². The summed E-state index contributed by atoms with van der Waals surface area (Å²) in [6.45, 7) is 0. The average Bonchev–Trinajstić information content (AvgIpc) is 2.59. The van der Waals surface area contributed by atoms with Gasteiger partial charge in [0, 0.05) is 11.6 Å². The second-order valence-corrected chi connectivity index (χ2v) is 5.38. The summed E-state index contributed by atoms with van der Waals surface area (Å²) in [5, 5.41) is 2.99. The van der Waals surface area contributed by atoms with Crippen LogP contribution in [0.1, 0.15) is 21.5 Å². The van der Waals surface area contributed by atoms with Gasteiger partial charge in [0.15, 0.2) is 0 Å². The quantitative estimate of drug-likeness (QED) is 0.700. The molecule has 0 fully saturated rings. The number of methoxy groups -OCH3 is 1. The number of fused-ring (bicyclic) bond motifs is 1. The van der Waals surface area contributed by atoms with E-state index in [0.29, 0.717) is 12.0 Å². The number of carbonyl (C=O) groups excluding carboxylic acids is 2. The summed E-state index contributed by atoms with van der Waals surface area (Å²) in [5.41, 5.74) is 3.22. The highest BCUT2D eigenvalue weighted by molar-refractivity contribution is 6.06. The zero-order valence-corrected chi connectivity index (χ0v) is 12.8. The molecule has 4 nitrogen and oxygen atoms in total. The third-order valence-electron chi connectivity index (χ3n) is 3.92. The van der Waals surface area contributed by atoms with Crippen LogP contribution >= 0.6 is 0 Å². The van der Waals surface area contributed by atoms with Gasteiger partial charge in [0.05, 0.1) is 13.2 Å². The highest BCUT2D eigenvalue weighted by atomic mass is 16.5. The largest absolute Gasteiger partial charge is 0.466 e. The normalized spacial score (nSPS) is 18.2. The Morgan fingerprint density at radius 1 is 1.09 bits per heavy atom. The lowest BCUT2D eigenvalue weighted by Gasteiger charge is -2.28. The molecule has 116 valence electrons. The maximum atomic E-state index is 12.3. The molecule has 0 unspecified atom stereocenters. The van der Waals surface area contributed by atoms with Gasteiger partial charge in [-0.1, -0.05) is 48.5 Å². The summed E-state index contributed by atoms with van der Waals surface area (Å²) in [7, 11) is 1.35. The molecule has 2 aromatic carbocycles. The SMILES string of the molecule is COC(=O)/C=C1/c2ccccc2C(=O)N[C@H]1Cc1ccccc1. The minimum atomic E-state index is -0.427. The number of amides is 1. The Kier molecular flexibility index (Phi) is 4.24. The monoisotopic (exact) mass is 307 g/mol. The van der Waals surface area contributed by atoms with Gasteiger partial charge in [0.25, 0.3) is 5.91 Å². The first-order valence-corrected chi connectivity index (χ1v) is 7.43. The standard InChI is InChI=1S/C19H17NO3/c1-23-18(21)12-16-14-9-5-6-10-15(14)19(22)20-17(16)11-13-7-3-2-4-8-13/h2-10,12,17H,11H2,1H3,(H,20,22)/b16-12-/t17-/m0/s1. The van der Waals surface area contributed by atoms with Crippen molar-refractivity contribution >= 4 is 17.4 Å². The second-order valence-electron chi connectivity index (χ2n) is 5.38. The molecular formula is C19H17NO3. The Bertz CT molecular complexity index is 765. The van der Waals surface area contributed by atoms with E-state index in [1.807, 2.05) is 48.5 Å². The van der Waals surface area contributed by atoms with Crippen LogP contribution in [0.4, 0.5) is 0 Å². The molecule has 1 heterocycles. The maximum absolute atomic E-state index is 12.3. The van der Waals surface area contributed by atoms with Crippen molar-refractivity contribution in [2.24, 2.45) is 0 Å². The van der Waals surface area contributed by atoms with E-state index in [4.69, 9.17) is 4.74 Å². The van der Waals surface area contributed by atoms with Crippen LogP contribution in [-0.4, -0.2) is 25.0 Å². The molecule has 4 heteroatoms. The van der Waals surface area contributed by atoms with Crippen molar-refractivity contribution in [3.8, 4) is 0 Å². The Labute approximate surface area is 134 Å². The van der Waals surface area contributed by atoms with Gasteiger partial charge in [-0.2, -0.15) is 0 Å². The molecule has 0 aromatic heterocycles. The minimum Gasteiger partial charge on any atom is -0.466 e. The molecule has 0 saturated carbocycles. The fraction of sp³-hybridized carbons (Fsp3) is 0.158. The van der Waals surface area contributed by atoms with E-state index in [1.165, 1.54) is 13.2 Å². The van der Waals surface area contributed by atoms with Crippen LogP contribution in [0.2, 0.25) is 0 Å². The van der Waals surface area contributed by atoms with Crippen molar-refractivity contribution in [2.75, 3.05) is 7.11 Å². The topological polar surface area (TPSA) is 55.4 Å². The lowest BCUT2D eigenvalue weighted by molar-refractivity contribution is -0.134. The van der Waals surface area contributed by atoms with Crippen LogP contribution in [0.15, 0.2) is 60.7 Å². The third-order valence-corrected chi connectivity index (χ3v) is 3.92. The van der Waals surface area contributed by atoms with E-state index in [0.717, 1.165) is 16.7 Å². The number of esters is 1. The Morgan fingerprint density at radius 2 is 1.74 bits per heavy atom. The van der Waals surface area contributed by atoms with E-state index in [1.54, 1.807) is 6.07 Å². The van der Waals surface area contributed by atoms with Crippen LogP contribution < -0.4 is 5.32 Å². The van der Waals surface area contributed by atoms with E-state index in [-0.39, 0.29) is 11.9 Å². The van der Waals surface area contributed by atoms with E-state index < -0.39 is 5.97 Å². The summed E-state index contributed by atoms with van der Waals surface area (Å²) in [6.07, 6.45) is 2.08. The molecule has 0 spiro atoms. The number of hydrogen-bond acceptors (Lipinski definition) is 3. The summed E-state index contributed by atoms with van der Waals surface area (Å²) in [6, 6.07) is 16.9. The second kappa shape index (κ2) is 6.48. The molecule has 2 aromatic rings. The van der Waals surface area contributed by atoms with E-state index in [9.17, 15) is 9.59 Å². The first-order chi connectivity index (χ1) is 11.2. The van der Waals surface area contributed by atoms with Crippen molar-refractivity contribution in [3.63, 3.8) is 0 Å². The molecule has 1 atom stereocenters. The number of hydrogen-bond donors (Lipinski definition) is 1. The molecule has 0 bridgehead atoms. The predicted molar refractivity (Wildman–Crippen MR) is 87.8 cm³/mol. The van der Waals surface area contributed by atoms with Crippen molar-refractivity contribution in [2.45, 2.75) is 12.5 Å². The molecule has 0 radical (unpaired) electrons. The van der Waals surface area contributed by atoms with Gasteiger partial charge in [-0.25, -0.2) is 4.79 Å². The molecule has 0 aliphatic carbocycles. The highest BCUT2D eigenvalue weighted by Gasteiger charge is 2.29. The van der Waals surface area contributed by atoms with Crippen LogP contribution in [0.5, 0.6) is 0 Å². The van der Waals surface area contributed by atoms with Crippen LogP contribution in [-0.2, 0) is 16.0 Å². The smallest absolute Gasteiger partial charge is 0.330 e. The molecule has 3 rings (SSSR count). The number of rotatable bonds is 3. The lowest BCUT2D eigenvalue weighted by atomic mass is 9.86. The van der Waals surface area contributed by atoms with Crippen LogP contribution in [0, 0.1) is 0 Å². The zero-order chi connectivity index (χ0) is 16.2. The maximum Gasteiger partial charge on any atom is 0.330 e. The Balaban J connectivity index is 2.03. The van der Waals surface area contributed by atoms with Gasteiger partial charge in [0.2, 0.25) is 0 Å². The molecule has 1 amide bonds. The summed E-state index contributed by atoms with van der Waals surface area (Å²) in [4.78, 5) is 24.1. The van der Waals surface area contributed by atoms with Crippen molar-refractivity contribution < 1.29 is 14.3 Å². The molecule has 1 aliphatic rings. The number of nitrogens with one attached hydrogen (secondary N) is 1. The number of carbonyl (C=O) groups is 2. The van der Waals surface area contributed by atoms with Gasteiger partial charge in [-0.05, 0) is 29.2 Å². The summed E-state index contributed by atoms with van der Waals surface area (Å²) in [5.74, 6) is -0.549. The first kappa shape index (κ1) is 15.0. The zero-order valence-electron chi connectivity index (χ0n) is 12.8. The van der Waals surface area contributed by atoms with Crippen LogP contribution in [0.25, 0.3) is 5.57 Å². The molecule has 1 aliphatic heterocycles. The minimum absolute atomic E-state index is 0.122. The number of ether oxygens (including phenoxy) is 1. The van der Waals surface area contributed by atoms with E-state index >= 15 is 0 Å². The fourth-order valence-electron chi connectivity index (χ4n) is 2.81. The molecular weight excluding hydrogens is 290 g/mol. The highest BCUT2D eigenvalue weighted by Crippen LogP contribution is 2.29. The van der Waals surface area contributed by atoms with Crippen molar-refractivity contribution in [3.05, 3.63) is 77.4 Å². The Morgan fingerprint density at radius 3 is 2.43 bits per heavy atom. The summed E-state index contributed by atoms with van der Waals surface area (Å²) < 4.78 is 4.77. The first-order valence-electron chi connectivity index (χ1n) is 7.43. The molecule has 23 heavy (non-hydrogen) atoms. The molecule has 1 N–H and O–H groups in total. The number of benzene rings is 2. The Hall–Kier alpha value is -2.88. The van der Waals surface area contributed by atoms with Gasteiger partial charge >= 0.3 is 5.97 Å². The van der Waals surface area contributed by atoms with Gasteiger partial charge in [-0.15, -0.1) is 0 Å². The predicted octanol–water partition coefficient (Wildman–Crippen LogP) is 2.60. The fourth-order valence-corrected chi connectivity index (χ4v) is 2.81. The summed E-state index contributed by atoms with van der Waals surface area (Å²) >= 11 is 0. The van der Waals surface area contributed by atoms with Gasteiger partial charge < -0.3 is 10.1 Å². The van der Waals surface area contributed by atoms with Crippen molar-refractivity contribution in [1.29, 1.82) is 0 Å². The van der Waals surface area contributed by atoms with Crippen LogP contribution in [0.3, 0.4) is 0 Å². The third kappa shape index (κ3) is 3.16. The van der Waals surface area contributed by atoms with E-state index in [2.05, 4.69) is 5.32 Å². The lowest BCUT2D eigenvalue weighted by Crippen LogP contribution is -2.42. The average molecular weight is 307 g/mol. The molecule has 0 saturated heterocycles. The van der Waals surface area contributed by atoms with Gasteiger partial charge in [-0.3, -0.25) is 4.79 Å².